The number of hydrogen-bond acceptors (Lipinski definition) is 2. The maximum atomic E-state index is 8.82. The number of hydrogen-bond donors (Lipinski definition) is 1. The van der Waals surface area contributed by atoms with Gasteiger partial charge in [-0.05, 0) is 24.5 Å². The van der Waals surface area contributed by atoms with Crippen LogP contribution in [0.15, 0.2) is 18.2 Å². The maximum Gasteiger partial charge on any atom is 0.159 e. The number of fused-ring (bicyclic) bond motifs is 1. The number of aliphatic hydroxyl groups excluding tert-OH is 1. The lowest BCUT2D eigenvalue weighted by Gasteiger charge is -2.02. The molecule has 80 valence electrons. The Morgan fingerprint density at radius 3 is 3.00 bits per heavy atom. The second kappa shape index (κ2) is 4.21. The molecule has 0 saturated carbocycles. The Morgan fingerprint density at radius 1 is 1.47 bits per heavy atom. The molecule has 0 amide bonds. The molecule has 1 heterocycles. The molecule has 0 unspecified atom stereocenters. The van der Waals surface area contributed by atoms with E-state index in [1.54, 1.807) is 4.68 Å². The summed E-state index contributed by atoms with van der Waals surface area (Å²) in [6.45, 7) is 0.203. The number of nitrogens with zero attached hydrogens (tertiary/aromatic N) is 2. The van der Waals surface area contributed by atoms with Gasteiger partial charge in [-0.25, -0.2) is 0 Å². The first-order valence-corrected chi connectivity index (χ1v) is 5.33. The number of halogens is 1. The number of aryl methyl sites for hydroxylation is 2. The topological polar surface area (TPSA) is 38.0 Å². The summed E-state index contributed by atoms with van der Waals surface area (Å²) in [5, 5.41) is 14.6. The molecule has 1 N–H and O–H groups in total. The van der Waals surface area contributed by atoms with E-state index in [1.807, 2.05) is 25.2 Å². The largest absolute Gasteiger partial charge is 0.396 e. The molecular weight excluding hydrogens is 212 g/mol. The van der Waals surface area contributed by atoms with E-state index in [0.29, 0.717) is 5.15 Å². The van der Waals surface area contributed by atoms with E-state index in [1.165, 1.54) is 0 Å². The van der Waals surface area contributed by atoms with E-state index in [9.17, 15) is 0 Å². The predicted molar refractivity (Wildman–Crippen MR) is 61.1 cm³/mol. The average Bonchev–Trinajstić information content (AvgIpc) is 2.53. The number of benzene rings is 1. The Labute approximate surface area is 93.3 Å². The Hall–Kier alpha value is -1.06. The zero-order chi connectivity index (χ0) is 10.8. The van der Waals surface area contributed by atoms with E-state index >= 15 is 0 Å². The van der Waals surface area contributed by atoms with Gasteiger partial charge >= 0.3 is 0 Å². The third-order valence-corrected chi connectivity index (χ3v) is 2.79. The molecular formula is C11H13ClN2O. The molecule has 0 spiro atoms. The van der Waals surface area contributed by atoms with E-state index < -0.39 is 0 Å². The zero-order valence-electron chi connectivity index (χ0n) is 8.57. The smallest absolute Gasteiger partial charge is 0.159 e. The molecule has 0 aliphatic carbocycles. The lowest BCUT2D eigenvalue weighted by molar-refractivity contribution is 0.289. The SMILES string of the molecule is Cn1nc(Cl)c2c(CCCO)cccc21. The van der Waals surface area contributed by atoms with Crippen molar-refractivity contribution in [2.24, 2.45) is 7.05 Å². The third-order valence-electron chi connectivity index (χ3n) is 2.53. The molecule has 0 atom stereocenters. The van der Waals surface area contributed by atoms with Gasteiger partial charge in [0.15, 0.2) is 5.15 Å². The zero-order valence-corrected chi connectivity index (χ0v) is 9.33. The molecule has 15 heavy (non-hydrogen) atoms. The summed E-state index contributed by atoms with van der Waals surface area (Å²) in [6.07, 6.45) is 1.59. The van der Waals surface area contributed by atoms with Crippen LogP contribution in [-0.2, 0) is 13.5 Å². The van der Waals surface area contributed by atoms with Gasteiger partial charge in [-0.15, -0.1) is 0 Å². The van der Waals surface area contributed by atoms with Crippen LogP contribution in [0.5, 0.6) is 0 Å². The minimum atomic E-state index is 0.203. The Kier molecular flexibility index (Phi) is 2.93. The summed E-state index contributed by atoms with van der Waals surface area (Å²) in [5.41, 5.74) is 2.19. The molecule has 0 fully saturated rings. The molecule has 2 aromatic rings. The number of aromatic nitrogens is 2. The van der Waals surface area contributed by atoms with Gasteiger partial charge in [-0.1, -0.05) is 23.7 Å². The minimum absolute atomic E-state index is 0.203. The van der Waals surface area contributed by atoms with Gasteiger partial charge in [-0.3, -0.25) is 4.68 Å². The van der Waals surface area contributed by atoms with Crippen molar-refractivity contribution >= 4 is 22.5 Å². The fraction of sp³-hybridized carbons (Fsp3) is 0.364. The molecule has 0 radical (unpaired) electrons. The van der Waals surface area contributed by atoms with Crippen molar-refractivity contribution < 1.29 is 5.11 Å². The highest BCUT2D eigenvalue weighted by Crippen LogP contribution is 2.26. The van der Waals surface area contributed by atoms with Crippen molar-refractivity contribution in [2.45, 2.75) is 12.8 Å². The fourth-order valence-corrected chi connectivity index (χ4v) is 2.14. The molecule has 0 aliphatic rings. The number of aliphatic hydroxyl groups is 1. The third kappa shape index (κ3) is 1.85. The first-order chi connectivity index (χ1) is 7.24. The molecule has 3 nitrogen and oxygen atoms in total. The second-order valence-electron chi connectivity index (χ2n) is 3.55. The Balaban J connectivity index is 2.54. The monoisotopic (exact) mass is 224 g/mol. The van der Waals surface area contributed by atoms with Crippen LogP contribution in [0.1, 0.15) is 12.0 Å². The lowest BCUT2D eigenvalue weighted by Crippen LogP contribution is -1.91. The van der Waals surface area contributed by atoms with Crippen LogP contribution in [-0.4, -0.2) is 21.5 Å². The van der Waals surface area contributed by atoms with E-state index in [-0.39, 0.29) is 6.61 Å². The van der Waals surface area contributed by atoms with Gasteiger partial charge < -0.3 is 5.11 Å². The van der Waals surface area contributed by atoms with Crippen LogP contribution in [0.2, 0.25) is 5.15 Å². The first-order valence-electron chi connectivity index (χ1n) is 4.95. The fourth-order valence-electron chi connectivity index (χ4n) is 1.81. The highest BCUT2D eigenvalue weighted by atomic mass is 35.5. The maximum absolute atomic E-state index is 8.82. The number of rotatable bonds is 3. The van der Waals surface area contributed by atoms with Crippen LogP contribution in [0.25, 0.3) is 10.9 Å². The summed E-state index contributed by atoms with van der Waals surface area (Å²) < 4.78 is 1.78. The van der Waals surface area contributed by atoms with E-state index in [2.05, 4.69) is 5.10 Å². The van der Waals surface area contributed by atoms with Crippen molar-refractivity contribution in [1.29, 1.82) is 0 Å². The summed E-state index contributed by atoms with van der Waals surface area (Å²) in [7, 11) is 1.88. The second-order valence-corrected chi connectivity index (χ2v) is 3.91. The van der Waals surface area contributed by atoms with Crippen molar-refractivity contribution in [2.75, 3.05) is 6.61 Å². The molecule has 0 saturated heterocycles. The highest BCUT2D eigenvalue weighted by molar-refractivity contribution is 6.34. The molecule has 1 aromatic heterocycles. The first kappa shape index (κ1) is 10.5. The van der Waals surface area contributed by atoms with Crippen LogP contribution >= 0.6 is 11.6 Å². The van der Waals surface area contributed by atoms with Crippen LogP contribution < -0.4 is 0 Å². The van der Waals surface area contributed by atoms with Crippen LogP contribution in [0.3, 0.4) is 0 Å². The summed E-state index contributed by atoms with van der Waals surface area (Å²) in [4.78, 5) is 0. The summed E-state index contributed by atoms with van der Waals surface area (Å²) >= 11 is 6.07. The lowest BCUT2D eigenvalue weighted by atomic mass is 10.1. The Morgan fingerprint density at radius 2 is 2.27 bits per heavy atom. The van der Waals surface area contributed by atoms with Gasteiger partial charge in [0.1, 0.15) is 0 Å². The van der Waals surface area contributed by atoms with Crippen LogP contribution in [0.4, 0.5) is 0 Å². The van der Waals surface area contributed by atoms with Crippen molar-refractivity contribution in [3.8, 4) is 0 Å². The van der Waals surface area contributed by atoms with Gasteiger partial charge in [-0.2, -0.15) is 5.10 Å². The van der Waals surface area contributed by atoms with E-state index in [0.717, 1.165) is 29.3 Å². The normalized spacial score (nSPS) is 11.1. The van der Waals surface area contributed by atoms with Crippen LogP contribution in [0, 0.1) is 0 Å². The van der Waals surface area contributed by atoms with Gasteiger partial charge in [0.05, 0.1) is 5.52 Å². The Bertz CT molecular complexity index is 479. The van der Waals surface area contributed by atoms with E-state index in [4.69, 9.17) is 16.7 Å². The van der Waals surface area contributed by atoms with Gasteiger partial charge in [0.25, 0.3) is 0 Å². The predicted octanol–water partition coefficient (Wildman–Crippen LogP) is 2.15. The molecule has 1 aromatic carbocycles. The van der Waals surface area contributed by atoms with Gasteiger partial charge in [0.2, 0.25) is 0 Å². The van der Waals surface area contributed by atoms with Crippen molar-refractivity contribution in [3.05, 3.63) is 28.9 Å². The quantitative estimate of drug-likeness (QED) is 0.868. The summed E-state index contributed by atoms with van der Waals surface area (Å²) in [6, 6.07) is 6.02. The molecule has 0 bridgehead atoms. The van der Waals surface area contributed by atoms with Crippen molar-refractivity contribution in [3.63, 3.8) is 0 Å². The van der Waals surface area contributed by atoms with Crippen molar-refractivity contribution in [1.82, 2.24) is 9.78 Å². The molecule has 2 rings (SSSR count). The van der Waals surface area contributed by atoms with Gasteiger partial charge in [0, 0.05) is 19.0 Å². The summed E-state index contributed by atoms with van der Waals surface area (Å²) in [5.74, 6) is 0. The average molecular weight is 225 g/mol. The highest BCUT2D eigenvalue weighted by Gasteiger charge is 2.09. The molecule has 0 aliphatic heterocycles. The standard InChI is InChI=1S/C11H13ClN2O/c1-14-9-6-2-4-8(5-3-7-15)10(9)11(12)13-14/h2,4,6,15H,3,5,7H2,1H3. The minimum Gasteiger partial charge on any atom is -0.396 e. The molecule has 4 heteroatoms.